The van der Waals surface area contributed by atoms with Crippen LogP contribution in [-0.4, -0.2) is 62.7 Å². The number of ether oxygens (including phenoxy) is 1. The molecule has 0 aliphatic carbocycles. The van der Waals surface area contributed by atoms with E-state index in [1.54, 1.807) is 4.90 Å². The van der Waals surface area contributed by atoms with Crippen molar-refractivity contribution >= 4 is 33.4 Å². The van der Waals surface area contributed by atoms with E-state index in [0.717, 1.165) is 43.0 Å². The van der Waals surface area contributed by atoms with E-state index in [1.165, 1.54) is 0 Å². The third-order valence-electron chi connectivity index (χ3n) is 4.47. The molecule has 1 N–H and O–H groups in total. The van der Waals surface area contributed by atoms with Gasteiger partial charge in [0.15, 0.2) is 0 Å². The number of carbonyl (C=O) groups excluding carboxylic acids is 2. The zero-order valence-corrected chi connectivity index (χ0v) is 15.1. The quantitative estimate of drug-likeness (QED) is 0.762. The molecule has 0 bridgehead atoms. The highest BCUT2D eigenvalue weighted by molar-refractivity contribution is 9.10. The van der Waals surface area contributed by atoms with Crippen LogP contribution in [0.1, 0.15) is 6.42 Å². The standard InChI is InChI=1S/C17H22BrN3O3/c18-13-2-1-3-14(12-13)21-6-4-15(17(21)23)16(22)19-5-7-20-8-10-24-11-9-20/h1-3,12,15H,4-11H2,(H,19,22). The summed E-state index contributed by atoms with van der Waals surface area (Å²) in [7, 11) is 0. The molecule has 2 heterocycles. The molecule has 2 aliphatic rings. The van der Waals surface area contributed by atoms with Gasteiger partial charge in [-0.3, -0.25) is 14.5 Å². The molecule has 2 amide bonds. The number of halogens is 1. The lowest BCUT2D eigenvalue weighted by atomic mass is 10.1. The molecule has 3 rings (SSSR count). The van der Waals surface area contributed by atoms with Gasteiger partial charge in [0, 0.05) is 42.9 Å². The number of anilines is 1. The first-order valence-corrected chi connectivity index (χ1v) is 9.09. The summed E-state index contributed by atoms with van der Waals surface area (Å²) in [6.45, 7) is 5.23. The van der Waals surface area contributed by atoms with Crippen LogP contribution >= 0.6 is 15.9 Å². The number of benzene rings is 1. The second-order valence-corrected chi connectivity index (χ2v) is 6.97. The highest BCUT2D eigenvalue weighted by Crippen LogP contribution is 2.27. The van der Waals surface area contributed by atoms with Gasteiger partial charge in [0.25, 0.3) is 0 Å². The summed E-state index contributed by atoms with van der Waals surface area (Å²) in [6.07, 6.45) is 0.564. The number of hydrogen-bond acceptors (Lipinski definition) is 4. The van der Waals surface area contributed by atoms with Crippen molar-refractivity contribution in [3.8, 4) is 0 Å². The molecule has 1 atom stereocenters. The number of amides is 2. The number of nitrogens with one attached hydrogen (secondary N) is 1. The number of nitrogens with zero attached hydrogens (tertiary/aromatic N) is 2. The van der Waals surface area contributed by atoms with Gasteiger partial charge in [-0.05, 0) is 24.6 Å². The lowest BCUT2D eigenvalue weighted by Gasteiger charge is -2.26. The first kappa shape index (κ1) is 17.4. The van der Waals surface area contributed by atoms with E-state index in [9.17, 15) is 9.59 Å². The molecule has 0 spiro atoms. The van der Waals surface area contributed by atoms with Crippen LogP contribution in [-0.2, 0) is 14.3 Å². The topological polar surface area (TPSA) is 61.9 Å². The number of rotatable bonds is 5. The second kappa shape index (κ2) is 8.09. The van der Waals surface area contributed by atoms with Gasteiger partial charge in [-0.1, -0.05) is 22.0 Å². The predicted molar refractivity (Wildman–Crippen MR) is 94.9 cm³/mol. The van der Waals surface area contributed by atoms with Gasteiger partial charge in [-0.25, -0.2) is 0 Å². The summed E-state index contributed by atoms with van der Waals surface area (Å²) < 4.78 is 6.22. The lowest BCUT2D eigenvalue weighted by Crippen LogP contribution is -2.43. The zero-order valence-electron chi connectivity index (χ0n) is 13.5. The minimum Gasteiger partial charge on any atom is -0.379 e. The molecule has 2 fully saturated rings. The summed E-state index contributed by atoms with van der Waals surface area (Å²) in [5.41, 5.74) is 0.831. The van der Waals surface area contributed by atoms with Gasteiger partial charge >= 0.3 is 0 Å². The normalized spacial score (nSPS) is 22.0. The first-order chi connectivity index (χ1) is 11.6. The van der Waals surface area contributed by atoms with E-state index in [0.29, 0.717) is 19.5 Å². The Morgan fingerprint density at radius 3 is 2.83 bits per heavy atom. The minimum atomic E-state index is -0.575. The molecule has 2 aliphatic heterocycles. The van der Waals surface area contributed by atoms with Crippen LogP contribution in [0.5, 0.6) is 0 Å². The lowest BCUT2D eigenvalue weighted by molar-refractivity contribution is -0.132. The molecule has 6 nitrogen and oxygen atoms in total. The SMILES string of the molecule is O=C(NCCN1CCOCC1)C1CCN(c2cccc(Br)c2)C1=O. The third kappa shape index (κ3) is 4.15. The Balaban J connectivity index is 1.50. The smallest absolute Gasteiger partial charge is 0.239 e. The molecule has 24 heavy (non-hydrogen) atoms. The summed E-state index contributed by atoms with van der Waals surface area (Å²) in [5.74, 6) is -0.851. The monoisotopic (exact) mass is 395 g/mol. The maximum atomic E-state index is 12.5. The summed E-state index contributed by atoms with van der Waals surface area (Å²) >= 11 is 3.41. The molecule has 7 heteroatoms. The van der Waals surface area contributed by atoms with Crippen molar-refractivity contribution in [1.29, 1.82) is 0 Å². The van der Waals surface area contributed by atoms with Crippen LogP contribution in [0.2, 0.25) is 0 Å². The van der Waals surface area contributed by atoms with E-state index in [-0.39, 0.29) is 11.8 Å². The van der Waals surface area contributed by atoms with E-state index < -0.39 is 5.92 Å². The van der Waals surface area contributed by atoms with Crippen molar-refractivity contribution in [2.24, 2.45) is 5.92 Å². The molecule has 0 saturated carbocycles. The number of morpholine rings is 1. The molecule has 0 aromatic heterocycles. The van der Waals surface area contributed by atoms with Gasteiger partial charge in [0.1, 0.15) is 5.92 Å². The largest absolute Gasteiger partial charge is 0.379 e. The maximum Gasteiger partial charge on any atom is 0.239 e. The summed E-state index contributed by atoms with van der Waals surface area (Å²) in [6, 6.07) is 7.60. The van der Waals surface area contributed by atoms with Gasteiger partial charge in [0.2, 0.25) is 11.8 Å². The average Bonchev–Trinajstić information content (AvgIpc) is 2.97. The van der Waals surface area contributed by atoms with Crippen LogP contribution in [0.15, 0.2) is 28.7 Å². The predicted octanol–water partition coefficient (Wildman–Crippen LogP) is 1.25. The molecule has 1 unspecified atom stereocenters. The Morgan fingerprint density at radius 1 is 1.29 bits per heavy atom. The number of carbonyl (C=O) groups is 2. The Hall–Kier alpha value is -1.44. The maximum absolute atomic E-state index is 12.5. The van der Waals surface area contributed by atoms with Crippen LogP contribution in [0.4, 0.5) is 5.69 Å². The fourth-order valence-electron chi connectivity index (χ4n) is 3.11. The second-order valence-electron chi connectivity index (χ2n) is 6.06. The molecular weight excluding hydrogens is 374 g/mol. The Kier molecular flexibility index (Phi) is 5.86. The zero-order chi connectivity index (χ0) is 16.9. The summed E-state index contributed by atoms with van der Waals surface area (Å²) in [5, 5.41) is 2.91. The molecule has 0 radical (unpaired) electrons. The van der Waals surface area contributed by atoms with Crippen molar-refractivity contribution in [2.75, 3.05) is 50.8 Å². The average molecular weight is 396 g/mol. The fraction of sp³-hybridized carbons (Fsp3) is 0.529. The van der Waals surface area contributed by atoms with Gasteiger partial charge < -0.3 is 15.0 Å². The van der Waals surface area contributed by atoms with Crippen molar-refractivity contribution in [3.63, 3.8) is 0 Å². The Morgan fingerprint density at radius 2 is 2.08 bits per heavy atom. The van der Waals surface area contributed by atoms with Gasteiger partial charge in [-0.15, -0.1) is 0 Å². The van der Waals surface area contributed by atoms with Crippen LogP contribution in [0, 0.1) is 5.92 Å². The third-order valence-corrected chi connectivity index (χ3v) is 4.97. The van der Waals surface area contributed by atoms with Crippen molar-refractivity contribution in [1.82, 2.24) is 10.2 Å². The van der Waals surface area contributed by atoms with Crippen molar-refractivity contribution in [2.45, 2.75) is 6.42 Å². The van der Waals surface area contributed by atoms with Crippen molar-refractivity contribution < 1.29 is 14.3 Å². The molecule has 130 valence electrons. The first-order valence-electron chi connectivity index (χ1n) is 8.30. The van der Waals surface area contributed by atoms with Crippen LogP contribution < -0.4 is 10.2 Å². The van der Waals surface area contributed by atoms with E-state index in [1.807, 2.05) is 24.3 Å². The van der Waals surface area contributed by atoms with Crippen molar-refractivity contribution in [3.05, 3.63) is 28.7 Å². The molecule has 2 saturated heterocycles. The highest BCUT2D eigenvalue weighted by atomic mass is 79.9. The Bertz CT molecular complexity index is 604. The van der Waals surface area contributed by atoms with Crippen LogP contribution in [0.25, 0.3) is 0 Å². The molecule has 1 aromatic carbocycles. The van der Waals surface area contributed by atoms with Gasteiger partial charge in [0.05, 0.1) is 13.2 Å². The van der Waals surface area contributed by atoms with E-state index in [4.69, 9.17) is 4.74 Å². The van der Waals surface area contributed by atoms with E-state index in [2.05, 4.69) is 26.1 Å². The molecular formula is C17H22BrN3O3. The van der Waals surface area contributed by atoms with E-state index >= 15 is 0 Å². The highest BCUT2D eigenvalue weighted by Gasteiger charge is 2.37. The number of hydrogen-bond donors (Lipinski definition) is 1. The van der Waals surface area contributed by atoms with Gasteiger partial charge in [-0.2, -0.15) is 0 Å². The molecule has 1 aromatic rings. The Labute approximate surface area is 150 Å². The van der Waals surface area contributed by atoms with Crippen LogP contribution in [0.3, 0.4) is 0 Å². The fourth-order valence-corrected chi connectivity index (χ4v) is 3.50. The summed E-state index contributed by atoms with van der Waals surface area (Å²) in [4.78, 5) is 28.8. The minimum absolute atomic E-state index is 0.114.